The van der Waals surface area contributed by atoms with Crippen LogP contribution in [-0.2, 0) is 17.4 Å². The van der Waals surface area contributed by atoms with Crippen LogP contribution in [-0.4, -0.2) is 36.0 Å². The number of benzene rings is 1. The summed E-state index contributed by atoms with van der Waals surface area (Å²) in [4.78, 5) is 14.1. The van der Waals surface area contributed by atoms with Crippen molar-refractivity contribution in [1.29, 1.82) is 0 Å². The average molecular weight is 312 g/mol. The number of amides is 1. The third-order valence-corrected chi connectivity index (χ3v) is 4.54. The topological polar surface area (TPSA) is 32.3 Å². The molecule has 2 saturated heterocycles. The van der Waals surface area contributed by atoms with E-state index in [1.54, 1.807) is 11.0 Å². The van der Waals surface area contributed by atoms with E-state index in [1.165, 1.54) is 12.1 Å². The summed E-state index contributed by atoms with van der Waals surface area (Å²) >= 11 is 0. The van der Waals surface area contributed by atoms with Crippen LogP contribution in [0.3, 0.4) is 0 Å². The summed E-state index contributed by atoms with van der Waals surface area (Å²) in [6, 6.07) is 6.06. The van der Waals surface area contributed by atoms with Gasteiger partial charge in [-0.2, -0.15) is 13.2 Å². The van der Waals surface area contributed by atoms with Crippen molar-refractivity contribution in [2.45, 2.75) is 43.9 Å². The van der Waals surface area contributed by atoms with Gasteiger partial charge in [0.05, 0.1) is 12.0 Å². The molecule has 0 radical (unpaired) electrons. The zero-order valence-electron chi connectivity index (χ0n) is 12.2. The SMILES string of the molecule is O=C(Cc1ccccc1C(F)(F)F)N1CCC2CCC(C1)N2. The molecule has 0 aromatic heterocycles. The first kappa shape index (κ1) is 15.3. The van der Waals surface area contributed by atoms with E-state index in [9.17, 15) is 18.0 Å². The van der Waals surface area contributed by atoms with Crippen LogP contribution in [0.5, 0.6) is 0 Å². The second-order valence-corrected chi connectivity index (χ2v) is 6.10. The maximum absolute atomic E-state index is 13.0. The Bertz CT molecular complexity index is 559. The van der Waals surface area contributed by atoms with E-state index < -0.39 is 11.7 Å². The number of hydrogen-bond donors (Lipinski definition) is 1. The minimum absolute atomic E-state index is 0.0577. The molecular formula is C16H19F3N2O. The zero-order chi connectivity index (χ0) is 15.7. The molecule has 1 amide bonds. The smallest absolute Gasteiger partial charge is 0.341 e. The lowest BCUT2D eigenvalue weighted by atomic mass is 10.0. The number of nitrogens with zero attached hydrogens (tertiary/aromatic N) is 1. The number of carbonyl (C=O) groups excluding carboxylic acids is 1. The summed E-state index contributed by atoms with van der Waals surface area (Å²) in [5.74, 6) is -0.217. The molecule has 0 aliphatic carbocycles. The van der Waals surface area contributed by atoms with E-state index in [-0.39, 0.29) is 23.9 Å². The van der Waals surface area contributed by atoms with Crippen molar-refractivity contribution in [1.82, 2.24) is 10.2 Å². The first-order valence-corrected chi connectivity index (χ1v) is 7.62. The van der Waals surface area contributed by atoms with Crippen LogP contribution in [0.4, 0.5) is 13.2 Å². The van der Waals surface area contributed by atoms with Crippen LogP contribution in [0.15, 0.2) is 24.3 Å². The summed E-state index contributed by atoms with van der Waals surface area (Å²) in [5, 5.41) is 3.46. The maximum Gasteiger partial charge on any atom is 0.416 e. The molecule has 6 heteroatoms. The first-order valence-electron chi connectivity index (χ1n) is 7.62. The Morgan fingerprint density at radius 1 is 1.18 bits per heavy atom. The van der Waals surface area contributed by atoms with Crippen molar-refractivity contribution in [3.63, 3.8) is 0 Å². The summed E-state index contributed by atoms with van der Waals surface area (Å²) in [5.41, 5.74) is -0.653. The monoisotopic (exact) mass is 312 g/mol. The molecule has 1 aromatic carbocycles. The van der Waals surface area contributed by atoms with Crippen molar-refractivity contribution in [3.8, 4) is 0 Å². The van der Waals surface area contributed by atoms with Gasteiger partial charge in [0.25, 0.3) is 0 Å². The fourth-order valence-electron chi connectivity index (χ4n) is 3.40. The molecule has 2 aliphatic rings. The van der Waals surface area contributed by atoms with Crippen molar-refractivity contribution in [3.05, 3.63) is 35.4 Å². The Morgan fingerprint density at radius 2 is 1.91 bits per heavy atom. The molecule has 2 fully saturated rings. The molecule has 1 N–H and O–H groups in total. The van der Waals surface area contributed by atoms with E-state index in [4.69, 9.17) is 0 Å². The van der Waals surface area contributed by atoms with Gasteiger partial charge in [-0.3, -0.25) is 4.79 Å². The Morgan fingerprint density at radius 3 is 2.68 bits per heavy atom. The van der Waals surface area contributed by atoms with Gasteiger partial charge in [0.2, 0.25) is 5.91 Å². The lowest BCUT2D eigenvalue weighted by Crippen LogP contribution is -2.40. The summed E-state index contributed by atoms with van der Waals surface area (Å²) in [6.45, 7) is 1.23. The molecule has 22 heavy (non-hydrogen) atoms. The van der Waals surface area contributed by atoms with Gasteiger partial charge >= 0.3 is 6.18 Å². The normalized spacial score (nSPS) is 25.1. The van der Waals surface area contributed by atoms with Gasteiger partial charge in [0.15, 0.2) is 0 Å². The maximum atomic E-state index is 13.0. The van der Waals surface area contributed by atoms with Crippen LogP contribution in [0.2, 0.25) is 0 Å². The van der Waals surface area contributed by atoms with Gasteiger partial charge in [-0.05, 0) is 30.9 Å². The first-order chi connectivity index (χ1) is 10.4. The molecule has 2 bridgehead atoms. The number of rotatable bonds is 2. The molecule has 0 saturated carbocycles. The third-order valence-electron chi connectivity index (χ3n) is 4.54. The number of carbonyl (C=O) groups is 1. The summed E-state index contributed by atoms with van der Waals surface area (Å²) in [6.07, 6.45) is -1.57. The Labute approximate surface area is 127 Å². The highest BCUT2D eigenvalue weighted by atomic mass is 19.4. The molecule has 0 spiro atoms. The fraction of sp³-hybridized carbons (Fsp3) is 0.562. The van der Waals surface area contributed by atoms with Gasteiger partial charge in [-0.25, -0.2) is 0 Å². The lowest BCUT2D eigenvalue weighted by molar-refractivity contribution is -0.138. The van der Waals surface area contributed by atoms with Gasteiger partial charge in [-0.15, -0.1) is 0 Å². The number of alkyl halides is 3. The van der Waals surface area contributed by atoms with Crippen molar-refractivity contribution in [2.75, 3.05) is 13.1 Å². The van der Waals surface area contributed by atoms with E-state index in [0.717, 1.165) is 25.3 Å². The molecular weight excluding hydrogens is 293 g/mol. The van der Waals surface area contributed by atoms with Crippen molar-refractivity contribution >= 4 is 5.91 Å². The predicted molar refractivity (Wildman–Crippen MR) is 76.3 cm³/mol. The number of nitrogens with one attached hydrogen (secondary N) is 1. The zero-order valence-corrected chi connectivity index (χ0v) is 12.2. The lowest BCUT2D eigenvalue weighted by Gasteiger charge is -2.25. The Balaban J connectivity index is 1.72. The fourth-order valence-corrected chi connectivity index (χ4v) is 3.40. The average Bonchev–Trinajstić information content (AvgIpc) is 2.77. The minimum Gasteiger partial charge on any atom is -0.341 e. The second-order valence-electron chi connectivity index (χ2n) is 6.10. The molecule has 1 aromatic rings. The summed E-state index contributed by atoms with van der Waals surface area (Å²) in [7, 11) is 0. The second kappa shape index (κ2) is 5.91. The summed E-state index contributed by atoms with van der Waals surface area (Å²) < 4.78 is 39.0. The van der Waals surface area contributed by atoms with Gasteiger partial charge < -0.3 is 10.2 Å². The number of fused-ring (bicyclic) bond motifs is 2. The van der Waals surface area contributed by atoms with E-state index in [0.29, 0.717) is 19.1 Å². The van der Waals surface area contributed by atoms with Crippen LogP contribution >= 0.6 is 0 Å². The van der Waals surface area contributed by atoms with Crippen LogP contribution in [0.1, 0.15) is 30.4 Å². The number of hydrogen-bond acceptors (Lipinski definition) is 2. The van der Waals surface area contributed by atoms with Gasteiger partial charge in [-0.1, -0.05) is 18.2 Å². The Kier molecular flexibility index (Phi) is 4.12. The van der Waals surface area contributed by atoms with E-state index in [1.807, 2.05) is 0 Å². The quantitative estimate of drug-likeness (QED) is 0.910. The predicted octanol–water partition coefficient (Wildman–Crippen LogP) is 2.60. The van der Waals surface area contributed by atoms with Crippen LogP contribution < -0.4 is 5.32 Å². The molecule has 3 rings (SSSR count). The van der Waals surface area contributed by atoms with Crippen LogP contribution in [0, 0.1) is 0 Å². The van der Waals surface area contributed by atoms with E-state index >= 15 is 0 Å². The van der Waals surface area contributed by atoms with Gasteiger partial charge in [0.1, 0.15) is 0 Å². The molecule has 3 nitrogen and oxygen atoms in total. The molecule has 2 unspecified atom stereocenters. The Hall–Kier alpha value is -1.56. The van der Waals surface area contributed by atoms with E-state index in [2.05, 4.69) is 5.32 Å². The van der Waals surface area contributed by atoms with Gasteiger partial charge in [0, 0.05) is 25.2 Å². The highest BCUT2D eigenvalue weighted by Gasteiger charge is 2.35. The van der Waals surface area contributed by atoms with Crippen molar-refractivity contribution < 1.29 is 18.0 Å². The van der Waals surface area contributed by atoms with Crippen molar-refractivity contribution in [2.24, 2.45) is 0 Å². The highest BCUT2D eigenvalue weighted by Crippen LogP contribution is 2.32. The third kappa shape index (κ3) is 3.27. The number of likely N-dealkylation sites (tertiary alicyclic amines) is 1. The largest absolute Gasteiger partial charge is 0.416 e. The molecule has 2 atom stereocenters. The minimum atomic E-state index is -4.42. The number of halogens is 3. The molecule has 2 heterocycles. The highest BCUT2D eigenvalue weighted by molar-refractivity contribution is 5.79. The van der Waals surface area contributed by atoms with Crippen LogP contribution in [0.25, 0.3) is 0 Å². The molecule has 120 valence electrons. The standard InChI is InChI=1S/C16H19F3N2O/c17-16(18,19)14-4-2-1-3-11(14)9-15(22)21-8-7-12-5-6-13(10-21)20-12/h1-4,12-13,20H,5-10H2. The molecule has 2 aliphatic heterocycles.